The number of aryl methyl sites for hydroxylation is 1. The van der Waals surface area contributed by atoms with Crippen LogP contribution in [0.2, 0.25) is 0 Å². The van der Waals surface area contributed by atoms with Crippen molar-refractivity contribution in [1.82, 2.24) is 14.8 Å². The van der Waals surface area contributed by atoms with E-state index in [0.717, 1.165) is 23.2 Å². The lowest BCUT2D eigenvalue weighted by Gasteiger charge is -2.08. The number of aromatic amines is 1. The fraction of sp³-hybridized carbons (Fsp3) is 0.111. The topological polar surface area (TPSA) is 62.7 Å². The van der Waals surface area contributed by atoms with E-state index in [-0.39, 0.29) is 11.4 Å². The number of benzene rings is 3. The Morgan fingerprint density at radius 3 is 2.48 bits per heavy atom. The van der Waals surface area contributed by atoms with Crippen LogP contribution in [0.5, 0.6) is 0 Å². The number of nitrogens with one attached hydrogen (secondary N) is 2. The summed E-state index contributed by atoms with van der Waals surface area (Å²) in [5.74, 6) is -0.336. The maximum Gasteiger partial charge on any atom is 0.254 e. The SMILES string of the molecule is CCc1ccc(NCc2cc3c(-c4cccc(F)c4)nn(-c4ccccc4)c3[nH]c2=O)cc1. The van der Waals surface area contributed by atoms with Gasteiger partial charge in [0.2, 0.25) is 0 Å². The molecule has 6 heteroatoms. The van der Waals surface area contributed by atoms with Crippen molar-refractivity contribution < 1.29 is 4.39 Å². The van der Waals surface area contributed by atoms with Crippen LogP contribution in [0.4, 0.5) is 10.1 Å². The first-order valence-corrected chi connectivity index (χ1v) is 10.9. The van der Waals surface area contributed by atoms with Crippen molar-refractivity contribution in [1.29, 1.82) is 0 Å². The van der Waals surface area contributed by atoms with Crippen molar-refractivity contribution in [2.45, 2.75) is 19.9 Å². The van der Waals surface area contributed by atoms with Gasteiger partial charge in [0.05, 0.1) is 5.69 Å². The number of H-pyrrole nitrogens is 1. The van der Waals surface area contributed by atoms with Crippen molar-refractivity contribution in [3.63, 3.8) is 0 Å². The van der Waals surface area contributed by atoms with Crippen LogP contribution in [-0.2, 0) is 13.0 Å². The number of anilines is 1. The minimum Gasteiger partial charge on any atom is -0.381 e. The fourth-order valence-electron chi connectivity index (χ4n) is 3.91. The van der Waals surface area contributed by atoms with Gasteiger partial charge in [-0.1, -0.05) is 49.4 Å². The quantitative estimate of drug-likeness (QED) is 0.358. The van der Waals surface area contributed by atoms with E-state index >= 15 is 0 Å². The summed E-state index contributed by atoms with van der Waals surface area (Å²) in [6.07, 6.45) is 0.977. The van der Waals surface area contributed by atoms with Crippen molar-refractivity contribution in [3.05, 3.63) is 112 Å². The minimum atomic E-state index is -0.336. The highest BCUT2D eigenvalue weighted by Crippen LogP contribution is 2.29. The third kappa shape index (κ3) is 4.15. The molecular formula is C27H23FN4O. The smallest absolute Gasteiger partial charge is 0.254 e. The molecule has 2 aromatic heterocycles. The number of hydrogen-bond donors (Lipinski definition) is 2. The maximum absolute atomic E-state index is 14.0. The van der Waals surface area contributed by atoms with E-state index in [1.54, 1.807) is 10.7 Å². The summed E-state index contributed by atoms with van der Waals surface area (Å²) < 4.78 is 15.7. The molecule has 0 atom stereocenters. The standard InChI is InChI=1S/C27H23FN4O/c1-2-18-11-13-22(14-12-18)29-17-20-16-24-25(19-7-6-8-21(28)15-19)31-32(26(24)30-27(20)33)23-9-4-3-5-10-23/h3-16,29H,2,17H2,1H3,(H,30,33). The number of aromatic nitrogens is 3. The van der Waals surface area contributed by atoms with Crippen LogP contribution in [0.15, 0.2) is 89.7 Å². The molecule has 0 amide bonds. The molecule has 0 aliphatic carbocycles. The normalized spacial score (nSPS) is 11.1. The van der Waals surface area contributed by atoms with Gasteiger partial charge in [0.25, 0.3) is 5.56 Å². The van der Waals surface area contributed by atoms with Gasteiger partial charge < -0.3 is 10.3 Å². The van der Waals surface area contributed by atoms with Crippen molar-refractivity contribution in [2.24, 2.45) is 0 Å². The van der Waals surface area contributed by atoms with Gasteiger partial charge in [0, 0.05) is 28.7 Å². The summed E-state index contributed by atoms with van der Waals surface area (Å²) in [4.78, 5) is 15.9. The predicted molar refractivity (Wildman–Crippen MR) is 130 cm³/mol. The van der Waals surface area contributed by atoms with E-state index in [2.05, 4.69) is 29.4 Å². The Morgan fingerprint density at radius 1 is 0.970 bits per heavy atom. The van der Waals surface area contributed by atoms with Crippen LogP contribution < -0.4 is 10.9 Å². The third-order valence-electron chi connectivity index (χ3n) is 5.71. The molecule has 0 aliphatic rings. The Balaban J connectivity index is 1.60. The Kier molecular flexibility index (Phi) is 5.48. The van der Waals surface area contributed by atoms with E-state index in [4.69, 9.17) is 5.10 Å². The number of fused-ring (bicyclic) bond motifs is 1. The lowest BCUT2D eigenvalue weighted by molar-refractivity contribution is 0.628. The van der Waals surface area contributed by atoms with Crippen LogP contribution in [-0.4, -0.2) is 14.8 Å². The van der Waals surface area contributed by atoms with Crippen LogP contribution in [0.1, 0.15) is 18.1 Å². The van der Waals surface area contributed by atoms with Crippen LogP contribution in [0.3, 0.4) is 0 Å². The fourth-order valence-corrected chi connectivity index (χ4v) is 3.91. The first-order chi connectivity index (χ1) is 16.1. The molecule has 0 spiro atoms. The molecule has 0 aliphatic heterocycles. The number of hydrogen-bond acceptors (Lipinski definition) is 3. The molecule has 2 N–H and O–H groups in total. The first-order valence-electron chi connectivity index (χ1n) is 10.9. The van der Waals surface area contributed by atoms with E-state index < -0.39 is 0 Å². The molecule has 5 rings (SSSR count). The predicted octanol–water partition coefficient (Wildman–Crippen LogP) is 5.69. The second-order valence-corrected chi connectivity index (χ2v) is 7.90. The average Bonchev–Trinajstić information content (AvgIpc) is 3.21. The number of pyridine rings is 1. The highest BCUT2D eigenvalue weighted by atomic mass is 19.1. The van der Waals surface area contributed by atoms with Crippen LogP contribution in [0.25, 0.3) is 28.0 Å². The van der Waals surface area contributed by atoms with Gasteiger partial charge >= 0.3 is 0 Å². The zero-order valence-corrected chi connectivity index (χ0v) is 18.2. The molecule has 0 bridgehead atoms. The maximum atomic E-state index is 14.0. The molecule has 0 fully saturated rings. The Bertz CT molecular complexity index is 1470. The van der Waals surface area contributed by atoms with E-state index in [0.29, 0.717) is 29.0 Å². The highest BCUT2D eigenvalue weighted by Gasteiger charge is 2.17. The van der Waals surface area contributed by atoms with Gasteiger partial charge in [0.1, 0.15) is 17.2 Å². The molecule has 2 heterocycles. The second kappa shape index (κ2) is 8.74. The summed E-state index contributed by atoms with van der Waals surface area (Å²) in [7, 11) is 0. The van der Waals surface area contributed by atoms with Crippen molar-refractivity contribution >= 4 is 16.7 Å². The van der Waals surface area contributed by atoms with Gasteiger partial charge in [-0.05, 0) is 54.4 Å². The summed E-state index contributed by atoms with van der Waals surface area (Å²) in [6, 6.07) is 25.9. The number of nitrogens with zero attached hydrogens (tertiary/aromatic N) is 2. The summed E-state index contributed by atoms with van der Waals surface area (Å²) in [6.45, 7) is 2.47. The number of rotatable bonds is 6. The molecule has 0 radical (unpaired) electrons. The number of halogens is 1. The Labute approximate surface area is 190 Å². The van der Waals surface area contributed by atoms with Crippen LogP contribution >= 0.6 is 0 Å². The molecule has 0 saturated carbocycles. The minimum absolute atomic E-state index is 0.192. The highest BCUT2D eigenvalue weighted by molar-refractivity contribution is 5.92. The monoisotopic (exact) mass is 438 g/mol. The Morgan fingerprint density at radius 2 is 1.76 bits per heavy atom. The van der Waals surface area contributed by atoms with E-state index in [1.165, 1.54) is 17.7 Å². The van der Waals surface area contributed by atoms with Crippen molar-refractivity contribution in [2.75, 3.05) is 5.32 Å². The number of para-hydroxylation sites is 1. The zero-order valence-electron chi connectivity index (χ0n) is 18.2. The van der Waals surface area contributed by atoms with E-state index in [9.17, 15) is 9.18 Å². The van der Waals surface area contributed by atoms with E-state index in [1.807, 2.05) is 54.6 Å². The van der Waals surface area contributed by atoms with Gasteiger partial charge in [-0.3, -0.25) is 4.79 Å². The second-order valence-electron chi connectivity index (χ2n) is 7.90. The molecular weight excluding hydrogens is 415 g/mol. The molecule has 3 aromatic carbocycles. The third-order valence-corrected chi connectivity index (χ3v) is 5.71. The molecule has 0 saturated heterocycles. The summed E-state index contributed by atoms with van der Waals surface area (Å²) in [5, 5.41) is 8.82. The molecule has 5 aromatic rings. The largest absolute Gasteiger partial charge is 0.381 e. The lowest BCUT2D eigenvalue weighted by atomic mass is 10.1. The van der Waals surface area contributed by atoms with Crippen molar-refractivity contribution in [3.8, 4) is 16.9 Å². The van der Waals surface area contributed by atoms with Gasteiger partial charge in [-0.25, -0.2) is 9.07 Å². The Hall–Kier alpha value is -4.19. The van der Waals surface area contributed by atoms with Crippen LogP contribution in [0, 0.1) is 5.82 Å². The molecule has 33 heavy (non-hydrogen) atoms. The summed E-state index contributed by atoms with van der Waals surface area (Å²) >= 11 is 0. The van der Waals surface area contributed by atoms with Gasteiger partial charge in [-0.2, -0.15) is 5.10 Å². The molecule has 5 nitrogen and oxygen atoms in total. The zero-order chi connectivity index (χ0) is 22.8. The van der Waals surface area contributed by atoms with Gasteiger partial charge in [0.15, 0.2) is 0 Å². The lowest BCUT2D eigenvalue weighted by Crippen LogP contribution is -2.16. The first kappa shape index (κ1) is 20.7. The molecule has 164 valence electrons. The molecule has 0 unspecified atom stereocenters. The average molecular weight is 439 g/mol. The summed E-state index contributed by atoms with van der Waals surface area (Å²) in [5.41, 5.74) is 5.22. The van der Waals surface area contributed by atoms with Gasteiger partial charge in [-0.15, -0.1) is 0 Å².